The smallest absolute Gasteiger partial charge is 0.410 e. The van der Waals surface area contributed by atoms with Crippen LogP contribution < -0.4 is 25.4 Å². The molecule has 1 unspecified atom stereocenters. The third-order valence-corrected chi connectivity index (χ3v) is 18.3. The molecule has 5 atom stereocenters. The van der Waals surface area contributed by atoms with Gasteiger partial charge >= 0.3 is 12.2 Å². The first-order valence-electron chi connectivity index (χ1n) is 27.5. The molecule has 0 bridgehead atoms. The van der Waals surface area contributed by atoms with Gasteiger partial charge in [-0.15, -0.1) is 11.8 Å². The predicted octanol–water partition coefficient (Wildman–Crippen LogP) is 11.3. The molecule has 1 aromatic heterocycles. The minimum atomic E-state index is -0.745. The van der Waals surface area contributed by atoms with Crippen LogP contribution in [0.2, 0.25) is 0 Å². The van der Waals surface area contributed by atoms with E-state index >= 15 is 0 Å². The number of carbonyl (C=O) groups is 4. The van der Waals surface area contributed by atoms with Crippen LogP contribution >= 0.6 is 11.8 Å². The van der Waals surface area contributed by atoms with Crippen LogP contribution in [-0.4, -0.2) is 91.1 Å². The van der Waals surface area contributed by atoms with E-state index in [-0.39, 0.29) is 40.5 Å². The Hall–Kier alpha value is -6.87. The molecule has 4 aliphatic heterocycles. The minimum Gasteiger partial charge on any atom is -0.410 e. The SMILES string of the molecule is CC(C)[C@H](NC(=O)Oc1ccccc1)C(=O)N1CCC[C@H]1C1=NC2(C)CC(c3ccc(C4=CC=C(c5cnc([C@@H]6CCCN6C(=O)[C@@H](NC(=O)Oc6ccccc6)C(C)C)[nH]5)CC4)c4c3CC3(CCCC3)S4)=CC=C2N1. The summed E-state index contributed by atoms with van der Waals surface area (Å²) in [5.74, 6) is 1.87. The number of ether oxygens (including phenoxy) is 2. The molecule has 15 heteroatoms. The Morgan fingerprint density at radius 1 is 0.684 bits per heavy atom. The zero-order valence-electron chi connectivity index (χ0n) is 44.3. The lowest BCUT2D eigenvalue weighted by molar-refractivity contribution is -0.135. The number of nitrogens with one attached hydrogen (secondary N) is 4. The van der Waals surface area contributed by atoms with Gasteiger partial charge in [-0.05, 0) is 140 Å². The fourth-order valence-electron chi connectivity index (χ4n) is 12.6. The van der Waals surface area contributed by atoms with Gasteiger partial charge in [-0.1, -0.05) is 107 Å². The number of fused-ring (bicyclic) bond motifs is 2. The van der Waals surface area contributed by atoms with Gasteiger partial charge in [0.2, 0.25) is 11.8 Å². The van der Waals surface area contributed by atoms with Crippen molar-refractivity contribution in [2.75, 3.05) is 13.1 Å². The Bertz CT molecular complexity index is 3060. The molecule has 0 radical (unpaired) electrons. The molecular weight excluding hydrogens is 973 g/mol. The number of nitrogens with zero attached hydrogens (tertiary/aromatic N) is 4. The highest BCUT2D eigenvalue weighted by molar-refractivity contribution is 8.01. The Morgan fingerprint density at radius 3 is 1.86 bits per heavy atom. The second-order valence-corrected chi connectivity index (χ2v) is 24.0. The van der Waals surface area contributed by atoms with E-state index in [0.717, 1.165) is 74.4 Å². The van der Waals surface area contributed by atoms with E-state index < -0.39 is 29.8 Å². The number of amides is 4. The quantitative estimate of drug-likeness (QED) is 0.102. The molecule has 1 spiro atoms. The summed E-state index contributed by atoms with van der Waals surface area (Å²) in [6, 6.07) is 20.6. The van der Waals surface area contributed by atoms with Gasteiger partial charge in [-0.3, -0.25) is 14.6 Å². The molecule has 3 fully saturated rings. The Kier molecular flexibility index (Phi) is 14.3. The van der Waals surface area contributed by atoms with Gasteiger partial charge in [0, 0.05) is 34.8 Å². The largest absolute Gasteiger partial charge is 0.413 e. The number of hydrogen-bond acceptors (Lipinski definition) is 10. The molecule has 14 nitrogen and oxygen atoms in total. The van der Waals surface area contributed by atoms with E-state index in [1.165, 1.54) is 64.0 Å². The lowest BCUT2D eigenvalue weighted by Crippen LogP contribution is -2.55. The zero-order chi connectivity index (χ0) is 52.7. The fraction of sp³-hybridized carbons (Fsp3) is 0.443. The number of hydrogen-bond donors (Lipinski definition) is 4. The normalized spacial score (nSPS) is 23.2. The molecule has 4 aromatic rings. The molecular formula is C61H70N8O6S. The Morgan fingerprint density at radius 2 is 1.25 bits per heavy atom. The number of allylic oxidation sites excluding steroid dienone is 6. The van der Waals surface area contributed by atoms with Crippen molar-refractivity contribution in [1.82, 2.24) is 35.7 Å². The third-order valence-electron chi connectivity index (χ3n) is 16.6. The number of aromatic nitrogens is 2. The number of amidine groups is 1. The summed E-state index contributed by atoms with van der Waals surface area (Å²) in [6.07, 6.45) is 21.5. The lowest BCUT2D eigenvalue weighted by atomic mass is 9.80. The van der Waals surface area contributed by atoms with E-state index in [4.69, 9.17) is 19.5 Å². The molecule has 4 N–H and O–H groups in total. The van der Waals surface area contributed by atoms with Crippen LogP contribution in [-0.2, 0) is 16.0 Å². The third kappa shape index (κ3) is 10.3. The Balaban J connectivity index is 0.786. The average molecular weight is 1040 g/mol. The van der Waals surface area contributed by atoms with Crippen molar-refractivity contribution in [2.24, 2.45) is 16.8 Å². The molecule has 11 rings (SSSR count). The fourth-order valence-corrected chi connectivity index (χ4v) is 14.3. The summed E-state index contributed by atoms with van der Waals surface area (Å²) >= 11 is 2.12. The minimum absolute atomic E-state index is 0.124. The van der Waals surface area contributed by atoms with E-state index in [1.54, 1.807) is 48.5 Å². The van der Waals surface area contributed by atoms with Crippen molar-refractivity contribution < 1.29 is 28.7 Å². The van der Waals surface area contributed by atoms with Crippen LogP contribution in [0.5, 0.6) is 11.5 Å². The molecule has 4 amide bonds. The summed E-state index contributed by atoms with van der Waals surface area (Å²) in [6.45, 7) is 11.2. The number of aromatic amines is 1. The van der Waals surface area contributed by atoms with Crippen molar-refractivity contribution in [3.05, 3.63) is 137 Å². The number of para-hydroxylation sites is 2. The maximum absolute atomic E-state index is 14.3. The maximum atomic E-state index is 14.3. The van der Waals surface area contributed by atoms with Crippen molar-refractivity contribution >= 4 is 58.3 Å². The van der Waals surface area contributed by atoms with Gasteiger partial charge in [0.25, 0.3) is 0 Å². The molecule has 7 aliphatic rings. The van der Waals surface area contributed by atoms with Crippen LogP contribution in [0, 0.1) is 11.8 Å². The monoisotopic (exact) mass is 1040 g/mol. The Labute approximate surface area is 450 Å². The molecule has 2 saturated heterocycles. The number of imidazole rings is 1. The highest BCUT2D eigenvalue weighted by Gasteiger charge is 2.47. The van der Waals surface area contributed by atoms with Crippen LogP contribution in [0.1, 0.15) is 139 Å². The highest BCUT2D eigenvalue weighted by atomic mass is 32.2. The van der Waals surface area contributed by atoms with Gasteiger partial charge in [0.1, 0.15) is 40.8 Å². The van der Waals surface area contributed by atoms with Crippen LogP contribution in [0.3, 0.4) is 0 Å². The zero-order valence-corrected chi connectivity index (χ0v) is 45.1. The lowest BCUT2D eigenvalue weighted by Gasteiger charge is -2.30. The van der Waals surface area contributed by atoms with Crippen molar-refractivity contribution in [1.29, 1.82) is 0 Å². The van der Waals surface area contributed by atoms with Gasteiger partial charge in [-0.2, -0.15) is 0 Å². The van der Waals surface area contributed by atoms with Crippen molar-refractivity contribution in [3.8, 4) is 11.5 Å². The summed E-state index contributed by atoms with van der Waals surface area (Å²) in [5, 5.41) is 9.39. The number of aliphatic imine (C=N–C) groups is 1. The summed E-state index contributed by atoms with van der Waals surface area (Å²) in [4.78, 5) is 73.4. The summed E-state index contributed by atoms with van der Waals surface area (Å²) in [5.41, 5.74) is 9.46. The number of thioether (sulfide) groups is 1. The number of H-pyrrole nitrogens is 1. The van der Waals surface area contributed by atoms with E-state index in [1.807, 2.05) is 55.8 Å². The van der Waals surface area contributed by atoms with Crippen molar-refractivity contribution in [2.45, 2.75) is 151 Å². The van der Waals surface area contributed by atoms with Crippen molar-refractivity contribution in [3.63, 3.8) is 0 Å². The van der Waals surface area contributed by atoms with Crippen LogP contribution in [0.4, 0.5) is 9.59 Å². The van der Waals surface area contributed by atoms with Gasteiger partial charge < -0.3 is 40.2 Å². The molecule has 3 aliphatic carbocycles. The molecule has 396 valence electrons. The van der Waals surface area contributed by atoms with Crippen LogP contribution in [0.25, 0.3) is 16.7 Å². The van der Waals surface area contributed by atoms with Gasteiger partial charge in [-0.25, -0.2) is 14.6 Å². The maximum Gasteiger partial charge on any atom is 0.413 e. The second kappa shape index (κ2) is 21.3. The average Bonchev–Trinajstić information content (AvgIpc) is 4.31. The topological polar surface area (TPSA) is 170 Å². The first-order valence-corrected chi connectivity index (χ1v) is 28.3. The van der Waals surface area contributed by atoms with E-state index in [0.29, 0.717) is 24.6 Å². The number of carbonyl (C=O) groups excluding carboxylic acids is 4. The molecule has 3 aromatic carbocycles. The van der Waals surface area contributed by atoms with Crippen LogP contribution in [0.15, 0.2) is 119 Å². The van der Waals surface area contributed by atoms with E-state index in [9.17, 15) is 19.2 Å². The standard InChI is InChI=1S/C61H70N8O6S/c1-37(2)51(65-58(72)74-42-16-8-6-9-17-42)56(70)68-32-14-20-48(68)54-62-36-47(63-54)40-24-22-39(23-25-40)45-28-27-44(46-35-61(76-53(45)46)30-12-13-31-61)41-26-29-50-60(5,34-41)67-55(64-50)49-21-15-33-69(49)57(71)52(38(3)4)66-59(73)75-43-18-10-7-11-19-43/h6-11,16-19,22,24,26-29,36-38,48-49,51-52H,12-15,20-21,23,25,30-35H2,1-5H3,(H,62,63)(H,64,67)(H,65,72)(H,66,73)/t48-,49-,51-,52-,60?/m0/s1. The van der Waals surface area contributed by atoms with Gasteiger partial charge in [0.05, 0.1) is 24.0 Å². The van der Waals surface area contributed by atoms with E-state index in [2.05, 4.69) is 76.1 Å². The van der Waals surface area contributed by atoms with Gasteiger partial charge in [0.15, 0.2) is 0 Å². The number of rotatable bonds is 13. The second-order valence-electron chi connectivity index (χ2n) is 22.6. The number of benzene rings is 3. The number of likely N-dealkylation sites (tertiary alicyclic amines) is 2. The first-order chi connectivity index (χ1) is 36.7. The summed E-state index contributed by atoms with van der Waals surface area (Å²) in [7, 11) is 0. The first kappa shape index (κ1) is 51.2. The molecule has 1 saturated carbocycles. The predicted molar refractivity (Wildman–Crippen MR) is 298 cm³/mol. The molecule has 76 heavy (non-hydrogen) atoms. The summed E-state index contributed by atoms with van der Waals surface area (Å²) < 4.78 is 11.2. The highest BCUT2D eigenvalue weighted by Crippen LogP contribution is 2.58. The molecule has 5 heterocycles.